The third-order valence-electron chi connectivity index (χ3n) is 5.74. The van der Waals surface area contributed by atoms with Gasteiger partial charge in [-0.15, -0.1) is 0 Å². The van der Waals surface area contributed by atoms with Gasteiger partial charge in [0.1, 0.15) is 5.75 Å². The maximum atomic E-state index is 12.4. The van der Waals surface area contributed by atoms with Gasteiger partial charge in [0.05, 0.1) is 13.2 Å². The standard InChI is InChI=1S/C24H31N3O4/c1-2-19-6-3-4-7-21(19)25-24(28)17-27-13-11-26(12-14-27)10-5-15-29-20-8-9-22-23(16-20)31-18-30-22/h3-4,6-9,16H,2,5,10-15,17-18H2,1H3,(H,25,28). The first-order valence-electron chi connectivity index (χ1n) is 11.1. The number of hydrogen-bond donors (Lipinski definition) is 1. The molecule has 7 nitrogen and oxygen atoms in total. The van der Waals surface area contributed by atoms with Gasteiger partial charge in [-0.25, -0.2) is 0 Å². The van der Waals surface area contributed by atoms with Crippen LogP contribution in [0.15, 0.2) is 42.5 Å². The second-order valence-electron chi connectivity index (χ2n) is 7.89. The van der Waals surface area contributed by atoms with Crippen LogP contribution in [0, 0.1) is 0 Å². The number of para-hydroxylation sites is 1. The number of rotatable bonds is 9. The largest absolute Gasteiger partial charge is 0.493 e. The summed E-state index contributed by atoms with van der Waals surface area (Å²) >= 11 is 0. The van der Waals surface area contributed by atoms with Gasteiger partial charge in [-0.3, -0.25) is 9.69 Å². The van der Waals surface area contributed by atoms with Crippen LogP contribution < -0.4 is 19.5 Å². The molecule has 0 bridgehead atoms. The van der Waals surface area contributed by atoms with E-state index < -0.39 is 0 Å². The van der Waals surface area contributed by atoms with E-state index in [9.17, 15) is 4.79 Å². The average molecular weight is 426 g/mol. The molecule has 1 fully saturated rings. The monoisotopic (exact) mass is 425 g/mol. The number of amides is 1. The van der Waals surface area contributed by atoms with Crippen LogP contribution >= 0.6 is 0 Å². The first-order chi connectivity index (χ1) is 15.2. The first-order valence-corrected chi connectivity index (χ1v) is 11.1. The normalized spacial score (nSPS) is 16.3. The molecule has 31 heavy (non-hydrogen) atoms. The summed E-state index contributed by atoms with van der Waals surface area (Å²) < 4.78 is 16.5. The number of aryl methyl sites for hydroxylation is 1. The van der Waals surface area contributed by atoms with Gasteiger partial charge >= 0.3 is 0 Å². The Hall–Kier alpha value is -2.77. The molecule has 1 saturated heterocycles. The van der Waals surface area contributed by atoms with E-state index >= 15 is 0 Å². The quantitative estimate of drug-likeness (QED) is 0.623. The number of carbonyl (C=O) groups is 1. The number of carbonyl (C=O) groups excluding carboxylic acids is 1. The van der Waals surface area contributed by atoms with Crippen LogP contribution in [-0.2, 0) is 11.2 Å². The number of benzene rings is 2. The third-order valence-corrected chi connectivity index (χ3v) is 5.74. The van der Waals surface area contributed by atoms with Crippen LogP contribution in [0.3, 0.4) is 0 Å². The summed E-state index contributed by atoms with van der Waals surface area (Å²) in [4.78, 5) is 17.1. The summed E-state index contributed by atoms with van der Waals surface area (Å²) in [5.74, 6) is 2.39. The van der Waals surface area contributed by atoms with Crippen molar-refractivity contribution in [1.29, 1.82) is 0 Å². The van der Waals surface area contributed by atoms with Gasteiger partial charge in [0, 0.05) is 44.5 Å². The van der Waals surface area contributed by atoms with Gasteiger partial charge in [-0.2, -0.15) is 0 Å². The minimum Gasteiger partial charge on any atom is -0.493 e. The minimum absolute atomic E-state index is 0.0616. The molecule has 0 aliphatic carbocycles. The molecule has 2 aromatic carbocycles. The molecule has 0 radical (unpaired) electrons. The Kier molecular flexibility index (Phi) is 7.27. The van der Waals surface area contributed by atoms with E-state index in [1.807, 2.05) is 36.4 Å². The highest BCUT2D eigenvalue weighted by atomic mass is 16.7. The van der Waals surface area contributed by atoms with Crippen molar-refractivity contribution >= 4 is 11.6 Å². The summed E-state index contributed by atoms with van der Waals surface area (Å²) in [5.41, 5.74) is 2.10. The van der Waals surface area contributed by atoms with Gasteiger partial charge in [-0.05, 0) is 36.6 Å². The van der Waals surface area contributed by atoms with Crippen LogP contribution in [0.5, 0.6) is 17.2 Å². The predicted molar refractivity (Wildman–Crippen MR) is 120 cm³/mol. The van der Waals surface area contributed by atoms with Gasteiger partial charge in [0.15, 0.2) is 11.5 Å². The molecule has 4 rings (SSSR count). The molecule has 2 aliphatic rings. The van der Waals surface area contributed by atoms with Crippen molar-refractivity contribution in [2.45, 2.75) is 19.8 Å². The SMILES string of the molecule is CCc1ccccc1NC(=O)CN1CCN(CCCOc2ccc3c(c2)OCO3)CC1. The molecule has 2 aromatic rings. The Labute approximate surface area is 183 Å². The van der Waals surface area contributed by atoms with Crippen LogP contribution in [-0.4, -0.2) is 68.4 Å². The molecule has 166 valence electrons. The second-order valence-corrected chi connectivity index (χ2v) is 7.89. The lowest BCUT2D eigenvalue weighted by Gasteiger charge is -2.34. The molecule has 0 atom stereocenters. The van der Waals surface area contributed by atoms with Crippen molar-refractivity contribution in [1.82, 2.24) is 9.80 Å². The lowest BCUT2D eigenvalue weighted by atomic mass is 10.1. The topological polar surface area (TPSA) is 63.3 Å². The van der Waals surface area contributed by atoms with Gasteiger partial charge in [0.2, 0.25) is 12.7 Å². The van der Waals surface area contributed by atoms with E-state index in [4.69, 9.17) is 14.2 Å². The summed E-state index contributed by atoms with van der Waals surface area (Å²) in [6, 6.07) is 13.7. The van der Waals surface area contributed by atoms with E-state index in [0.29, 0.717) is 13.2 Å². The lowest BCUT2D eigenvalue weighted by Crippen LogP contribution is -2.48. The van der Waals surface area contributed by atoms with E-state index in [1.54, 1.807) is 0 Å². The lowest BCUT2D eigenvalue weighted by molar-refractivity contribution is -0.117. The summed E-state index contributed by atoms with van der Waals surface area (Å²) in [6.07, 6.45) is 1.87. The number of nitrogens with zero attached hydrogens (tertiary/aromatic N) is 2. The Bertz CT molecular complexity index is 881. The minimum atomic E-state index is 0.0616. The van der Waals surface area contributed by atoms with Crippen molar-refractivity contribution in [3.8, 4) is 17.2 Å². The van der Waals surface area contributed by atoms with Gasteiger partial charge < -0.3 is 24.4 Å². The van der Waals surface area contributed by atoms with Crippen LogP contribution in [0.1, 0.15) is 18.9 Å². The predicted octanol–water partition coefficient (Wildman–Crippen LogP) is 3.00. The highest BCUT2D eigenvalue weighted by Crippen LogP contribution is 2.35. The van der Waals surface area contributed by atoms with Gasteiger partial charge in [0.25, 0.3) is 0 Å². The van der Waals surface area contributed by atoms with Crippen LogP contribution in [0.2, 0.25) is 0 Å². The third kappa shape index (κ3) is 5.89. The van der Waals surface area contributed by atoms with Crippen molar-refractivity contribution < 1.29 is 19.0 Å². The number of ether oxygens (including phenoxy) is 3. The van der Waals surface area contributed by atoms with E-state index in [1.165, 1.54) is 5.56 Å². The van der Waals surface area contributed by atoms with E-state index in [-0.39, 0.29) is 12.7 Å². The molecule has 0 saturated carbocycles. The molecular formula is C24H31N3O4. The highest BCUT2D eigenvalue weighted by Gasteiger charge is 2.19. The zero-order valence-corrected chi connectivity index (χ0v) is 18.1. The molecule has 1 amide bonds. The summed E-state index contributed by atoms with van der Waals surface area (Å²) in [7, 11) is 0. The van der Waals surface area contributed by atoms with Crippen LogP contribution in [0.4, 0.5) is 5.69 Å². The number of piperazine rings is 1. The van der Waals surface area contributed by atoms with Crippen molar-refractivity contribution in [3.05, 3.63) is 48.0 Å². The molecule has 0 aromatic heterocycles. The molecule has 7 heteroatoms. The van der Waals surface area contributed by atoms with Crippen molar-refractivity contribution in [2.75, 3.05) is 58.0 Å². The highest BCUT2D eigenvalue weighted by molar-refractivity contribution is 5.93. The second kappa shape index (κ2) is 10.5. The van der Waals surface area contributed by atoms with Crippen LogP contribution in [0.25, 0.3) is 0 Å². The summed E-state index contributed by atoms with van der Waals surface area (Å²) in [5, 5.41) is 3.07. The fraction of sp³-hybridized carbons (Fsp3) is 0.458. The molecule has 0 unspecified atom stereocenters. The average Bonchev–Trinajstić information content (AvgIpc) is 3.26. The Morgan fingerprint density at radius 3 is 2.65 bits per heavy atom. The molecule has 2 aliphatic heterocycles. The number of anilines is 1. The van der Waals surface area contributed by atoms with Gasteiger partial charge in [-0.1, -0.05) is 25.1 Å². The van der Waals surface area contributed by atoms with E-state index in [0.717, 1.165) is 68.5 Å². The Morgan fingerprint density at radius 2 is 1.81 bits per heavy atom. The zero-order chi connectivity index (χ0) is 21.5. The first kappa shape index (κ1) is 21.5. The smallest absolute Gasteiger partial charge is 0.238 e. The number of fused-ring (bicyclic) bond motifs is 1. The number of hydrogen-bond acceptors (Lipinski definition) is 6. The maximum Gasteiger partial charge on any atom is 0.238 e. The molecule has 1 N–H and O–H groups in total. The Morgan fingerprint density at radius 1 is 1.03 bits per heavy atom. The van der Waals surface area contributed by atoms with E-state index in [2.05, 4.69) is 28.1 Å². The maximum absolute atomic E-state index is 12.4. The molecule has 0 spiro atoms. The fourth-order valence-electron chi connectivity index (χ4n) is 3.96. The fourth-order valence-corrected chi connectivity index (χ4v) is 3.96. The zero-order valence-electron chi connectivity index (χ0n) is 18.1. The molecule has 2 heterocycles. The van der Waals surface area contributed by atoms with Crippen molar-refractivity contribution in [2.24, 2.45) is 0 Å². The number of nitrogens with one attached hydrogen (secondary N) is 1. The Balaban J connectivity index is 1.12. The molecular weight excluding hydrogens is 394 g/mol. The van der Waals surface area contributed by atoms with Crippen molar-refractivity contribution in [3.63, 3.8) is 0 Å². The summed E-state index contributed by atoms with van der Waals surface area (Å²) in [6.45, 7) is 8.25.